The molecule has 1 N–H and O–H groups in total. The summed E-state index contributed by atoms with van der Waals surface area (Å²) in [6, 6.07) is 13.3. The van der Waals surface area contributed by atoms with Crippen molar-refractivity contribution in [2.45, 2.75) is 6.42 Å². The van der Waals surface area contributed by atoms with Crippen molar-refractivity contribution in [2.75, 3.05) is 11.4 Å². The smallest absolute Gasteiger partial charge is 0.335 e. The Hall–Kier alpha value is -1.81. The number of rotatable bonds is 2. The van der Waals surface area contributed by atoms with Crippen LogP contribution < -0.4 is 4.90 Å². The van der Waals surface area contributed by atoms with E-state index < -0.39 is 5.97 Å². The third-order valence-corrected chi connectivity index (χ3v) is 3.84. The molecule has 0 aromatic heterocycles. The van der Waals surface area contributed by atoms with Gasteiger partial charge in [0.2, 0.25) is 0 Å². The van der Waals surface area contributed by atoms with Gasteiger partial charge in [0.15, 0.2) is 0 Å². The van der Waals surface area contributed by atoms with Crippen molar-refractivity contribution < 1.29 is 9.90 Å². The maximum atomic E-state index is 11.0. The molecule has 0 atom stereocenters. The first-order valence-corrected chi connectivity index (χ1v) is 6.84. The fourth-order valence-electron chi connectivity index (χ4n) is 2.45. The molecule has 0 spiro atoms. The topological polar surface area (TPSA) is 40.5 Å². The van der Waals surface area contributed by atoms with Crippen LogP contribution in [0.2, 0.25) is 0 Å². The second-order valence-electron chi connectivity index (χ2n) is 4.53. The van der Waals surface area contributed by atoms with Crippen LogP contribution in [0.3, 0.4) is 0 Å². The first kappa shape index (κ1) is 12.2. The first-order valence-electron chi connectivity index (χ1n) is 6.04. The van der Waals surface area contributed by atoms with E-state index in [2.05, 4.69) is 33.0 Å². The Morgan fingerprint density at radius 3 is 2.84 bits per heavy atom. The van der Waals surface area contributed by atoms with Gasteiger partial charge in [-0.1, -0.05) is 22.0 Å². The number of carboxylic acid groups (broad SMARTS) is 1. The Bertz CT molecular complexity index is 654. The van der Waals surface area contributed by atoms with Crippen LogP contribution in [-0.4, -0.2) is 17.6 Å². The fraction of sp³-hybridized carbons (Fsp3) is 0.133. The normalized spacial score (nSPS) is 13.4. The Kier molecular flexibility index (Phi) is 3.03. The van der Waals surface area contributed by atoms with Crippen molar-refractivity contribution in [3.8, 4) is 0 Å². The van der Waals surface area contributed by atoms with Gasteiger partial charge in [-0.3, -0.25) is 0 Å². The van der Waals surface area contributed by atoms with E-state index in [1.165, 1.54) is 5.56 Å². The fourth-order valence-corrected chi connectivity index (χ4v) is 2.85. The van der Waals surface area contributed by atoms with E-state index in [4.69, 9.17) is 5.11 Å². The van der Waals surface area contributed by atoms with Gasteiger partial charge in [0.05, 0.1) is 5.56 Å². The van der Waals surface area contributed by atoms with Gasteiger partial charge in [-0.05, 0) is 48.4 Å². The minimum absolute atomic E-state index is 0.322. The van der Waals surface area contributed by atoms with Crippen LogP contribution in [0.4, 0.5) is 11.4 Å². The summed E-state index contributed by atoms with van der Waals surface area (Å²) < 4.78 is 1.08. The van der Waals surface area contributed by atoms with E-state index in [9.17, 15) is 4.79 Å². The predicted octanol–water partition coefficient (Wildman–Crippen LogP) is 3.84. The molecule has 2 aromatic rings. The molecule has 0 saturated heterocycles. The molecular weight excluding hydrogens is 306 g/mol. The molecule has 1 aliphatic heterocycles. The number of carboxylic acids is 1. The summed E-state index contributed by atoms with van der Waals surface area (Å²) in [5.41, 5.74) is 3.70. The van der Waals surface area contributed by atoms with Gasteiger partial charge in [-0.15, -0.1) is 0 Å². The van der Waals surface area contributed by atoms with Crippen molar-refractivity contribution in [3.63, 3.8) is 0 Å². The molecule has 0 fully saturated rings. The summed E-state index contributed by atoms with van der Waals surface area (Å²) in [7, 11) is 0. The molecule has 0 aliphatic carbocycles. The Labute approximate surface area is 119 Å². The average molecular weight is 318 g/mol. The molecule has 0 bridgehead atoms. The summed E-state index contributed by atoms with van der Waals surface area (Å²) in [6.07, 6.45) is 0.978. The predicted molar refractivity (Wildman–Crippen MR) is 78.3 cm³/mol. The number of aromatic carboxylic acids is 1. The van der Waals surface area contributed by atoms with Gasteiger partial charge in [-0.25, -0.2) is 4.79 Å². The molecule has 0 saturated carbocycles. The Morgan fingerprint density at radius 1 is 1.21 bits per heavy atom. The average Bonchev–Trinajstić information content (AvgIpc) is 2.81. The summed E-state index contributed by atoms with van der Waals surface area (Å²) in [5, 5.41) is 9.06. The third kappa shape index (κ3) is 2.24. The van der Waals surface area contributed by atoms with Crippen LogP contribution in [0.1, 0.15) is 15.9 Å². The van der Waals surface area contributed by atoms with Crippen molar-refractivity contribution in [2.24, 2.45) is 0 Å². The highest BCUT2D eigenvalue weighted by Gasteiger charge is 2.21. The maximum Gasteiger partial charge on any atom is 0.335 e. The highest BCUT2D eigenvalue weighted by molar-refractivity contribution is 9.10. The van der Waals surface area contributed by atoms with Crippen LogP contribution in [0, 0.1) is 0 Å². The SMILES string of the molecule is O=C(O)c1cccc(N2CCc3cc(Br)ccc32)c1. The number of hydrogen-bond donors (Lipinski definition) is 1. The first-order chi connectivity index (χ1) is 9.15. The lowest BCUT2D eigenvalue weighted by Gasteiger charge is -2.20. The van der Waals surface area contributed by atoms with Crippen molar-refractivity contribution in [3.05, 3.63) is 58.1 Å². The monoisotopic (exact) mass is 317 g/mol. The van der Waals surface area contributed by atoms with E-state index in [0.29, 0.717) is 5.56 Å². The van der Waals surface area contributed by atoms with Crippen LogP contribution in [0.5, 0.6) is 0 Å². The van der Waals surface area contributed by atoms with Gasteiger partial charge in [0, 0.05) is 22.4 Å². The zero-order chi connectivity index (χ0) is 13.4. The van der Waals surface area contributed by atoms with Crippen LogP contribution in [0.25, 0.3) is 0 Å². The molecule has 0 unspecified atom stereocenters. The summed E-state index contributed by atoms with van der Waals surface area (Å²) in [4.78, 5) is 13.2. The lowest BCUT2D eigenvalue weighted by Crippen LogP contribution is -2.13. The highest BCUT2D eigenvalue weighted by Crippen LogP contribution is 2.36. The van der Waals surface area contributed by atoms with Crippen LogP contribution in [-0.2, 0) is 6.42 Å². The molecule has 2 aromatic carbocycles. The molecule has 1 heterocycles. The van der Waals surface area contributed by atoms with Gasteiger partial charge >= 0.3 is 5.97 Å². The molecule has 1 aliphatic rings. The Balaban J connectivity index is 2.02. The van der Waals surface area contributed by atoms with Gasteiger partial charge in [-0.2, -0.15) is 0 Å². The molecular formula is C15H12BrNO2. The zero-order valence-electron chi connectivity index (χ0n) is 10.1. The van der Waals surface area contributed by atoms with Crippen LogP contribution in [0.15, 0.2) is 46.9 Å². The number of nitrogens with zero attached hydrogens (tertiary/aromatic N) is 1. The Morgan fingerprint density at radius 2 is 2.05 bits per heavy atom. The number of benzene rings is 2. The summed E-state index contributed by atoms with van der Waals surface area (Å²) >= 11 is 3.48. The number of halogens is 1. The van der Waals surface area contributed by atoms with Crippen molar-refractivity contribution in [1.29, 1.82) is 0 Å². The number of fused-ring (bicyclic) bond motifs is 1. The minimum Gasteiger partial charge on any atom is -0.478 e. The molecule has 96 valence electrons. The van der Waals surface area contributed by atoms with Crippen molar-refractivity contribution in [1.82, 2.24) is 0 Å². The third-order valence-electron chi connectivity index (χ3n) is 3.34. The van der Waals surface area contributed by atoms with E-state index in [0.717, 1.165) is 28.8 Å². The molecule has 19 heavy (non-hydrogen) atoms. The number of hydrogen-bond acceptors (Lipinski definition) is 2. The van der Waals surface area contributed by atoms with E-state index in [1.54, 1.807) is 18.2 Å². The second kappa shape index (κ2) is 4.70. The molecule has 4 heteroatoms. The van der Waals surface area contributed by atoms with Gasteiger partial charge in [0.1, 0.15) is 0 Å². The second-order valence-corrected chi connectivity index (χ2v) is 5.45. The maximum absolute atomic E-state index is 11.0. The summed E-state index contributed by atoms with van der Waals surface area (Å²) in [6.45, 7) is 0.884. The lowest BCUT2D eigenvalue weighted by molar-refractivity contribution is 0.0697. The molecule has 3 rings (SSSR count). The summed E-state index contributed by atoms with van der Waals surface area (Å²) in [5.74, 6) is -0.892. The van der Waals surface area contributed by atoms with E-state index in [-0.39, 0.29) is 0 Å². The number of anilines is 2. The minimum atomic E-state index is -0.892. The largest absolute Gasteiger partial charge is 0.478 e. The molecule has 3 nitrogen and oxygen atoms in total. The highest BCUT2D eigenvalue weighted by atomic mass is 79.9. The van der Waals surface area contributed by atoms with Gasteiger partial charge < -0.3 is 10.0 Å². The van der Waals surface area contributed by atoms with Gasteiger partial charge in [0.25, 0.3) is 0 Å². The lowest BCUT2D eigenvalue weighted by atomic mass is 10.1. The number of carbonyl (C=O) groups is 1. The van der Waals surface area contributed by atoms with E-state index >= 15 is 0 Å². The van der Waals surface area contributed by atoms with Crippen LogP contribution >= 0.6 is 15.9 Å². The zero-order valence-corrected chi connectivity index (χ0v) is 11.7. The molecule has 0 amide bonds. The van der Waals surface area contributed by atoms with E-state index in [1.807, 2.05) is 12.1 Å². The standard InChI is InChI=1S/C15H12BrNO2/c16-12-4-5-14-10(8-12)6-7-17(14)13-3-1-2-11(9-13)15(18)19/h1-5,8-9H,6-7H2,(H,18,19). The quantitative estimate of drug-likeness (QED) is 0.914. The van der Waals surface area contributed by atoms with Crippen molar-refractivity contribution >= 4 is 33.3 Å². The molecule has 0 radical (unpaired) electrons.